The molecule has 14 heteroatoms. The SMILES string of the molecule is O=C([O-])Cc1ccc(C(=O)NCCC(O)([PH](=O)OO)[PH](=O)OO)cc1.[Na+]. The topological polar surface area (TPSA) is 183 Å². The van der Waals surface area contributed by atoms with Gasteiger partial charge < -0.3 is 20.3 Å². The number of benzene rings is 1. The summed E-state index contributed by atoms with van der Waals surface area (Å²) < 4.78 is 29.9. The Labute approximate surface area is 171 Å². The van der Waals surface area contributed by atoms with Gasteiger partial charge in [0.1, 0.15) is 0 Å². The van der Waals surface area contributed by atoms with Gasteiger partial charge >= 0.3 is 29.6 Å². The van der Waals surface area contributed by atoms with Gasteiger partial charge in [0, 0.05) is 30.9 Å². The van der Waals surface area contributed by atoms with Crippen LogP contribution in [-0.4, -0.2) is 39.1 Å². The minimum Gasteiger partial charge on any atom is -0.550 e. The van der Waals surface area contributed by atoms with Crippen molar-refractivity contribution < 1.29 is 78.4 Å². The van der Waals surface area contributed by atoms with Crippen molar-refractivity contribution in [2.45, 2.75) is 17.9 Å². The zero-order valence-electron chi connectivity index (χ0n) is 13.6. The number of carbonyl (C=O) groups is 2. The summed E-state index contributed by atoms with van der Waals surface area (Å²) in [6.07, 6.45) is -0.905. The zero-order valence-corrected chi connectivity index (χ0v) is 17.6. The molecule has 0 spiro atoms. The number of rotatable bonds is 10. The molecular formula is C12H16NNaO10P2. The summed E-state index contributed by atoms with van der Waals surface area (Å²) >= 11 is 0. The molecule has 2 atom stereocenters. The third-order valence-electron chi connectivity index (χ3n) is 3.18. The van der Waals surface area contributed by atoms with E-state index in [1.165, 1.54) is 24.3 Å². The van der Waals surface area contributed by atoms with Gasteiger partial charge in [-0.05, 0) is 17.7 Å². The number of amides is 1. The fraction of sp³-hybridized carbons (Fsp3) is 0.333. The maximum Gasteiger partial charge on any atom is 1.00 e. The number of carboxylic acid groups (broad SMARTS) is 1. The summed E-state index contributed by atoms with van der Waals surface area (Å²) in [4.78, 5) is 22.4. The van der Waals surface area contributed by atoms with Crippen molar-refractivity contribution in [3.8, 4) is 0 Å². The quantitative estimate of drug-likeness (QED) is 0.130. The molecule has 26 heavy (non-hydrogen) atoms. The van der Waals surface area contributed by atoms with Crippen LogP contribution in [0.2, 0.25) is 0 Å². The molecule has 2 unspecified atom stereocenters. The van der Waals surface area contributed by atoms with Crippen LogP contribution in [0.25, 0.3) is 0 Å². The summed E-state index contributed by atoms with van der Waals surface area (Å²) in [5.41, 5.74) is 0.603. The van der Waals surface area contributed by atoms with Gasteiger partial charge in [-0.3, -0.25) is 13.9 Å². The first-order valence-corrected chi connectivity index (χ1v) is 9.39. The number of carbonyl (C=O) groups excluding carboxylic acids is 2. The second kappa shape index (κ2) is 12.0. The van der Waals surface area contributed by atoms with E-state index in [4.69, 9.17) is 10.5 Å². The first kappa shape index (κ1) is 25.4. The number of nitrogens with one attached hydrogen (secondary N) is 1. The predicted molar refractivity (Wildman–Crippen MR) is 82.5 cm³/mol. The average Bonchev–Trinajstić information content (AvgIpc) is 2.59. The summed E-state index contributed by atoms with van der Waals surface area (Å²) in [5.74, 6) is -1.88. The average molecular weight is 419 g/mol. The second-order valence-corrected chi connectivity index (χ2v) is 8.54. The van der Waals surface area contributed by atoms with E-state index in [-0.39, 0.29) is 48.1 Å². The molecule has 1 aromatic rings. The van der Waals surface area contributed by atoms with Crippen molar-refractivity contribution >= 4 is 27.9 Å². The Morgan fingerprint density at radius 3 is 2.04 bits per heavy atom. The Kier molecular flexibility index (Phi) is 11.7. The van der Waals surface area contributed by atoms with Crippen molar-refractivity contribution in [1.82, 2.24) is 5.32 Å². The molecule has 0 bridgehead atoms. The van der Waals surface area contributed by atoms with E-state index in [0.717, 1.165) is 0 Å². The van der Waals surface area contributed by atoms with Crippen molar-refractivity contribution in [1.29, 1.82) is 0 Å². The molecule has 0 aliphatic rings. The molecule has 1 amide bonds. The molecule has 0 saturated heterocycles. The Hall–Kier alpha value is -0.580. The minimum absolute atomic E-state index is 0. The van der Waals surface area contributed by atoms with Crippen LogP contribution < -0.4 is 40.0 Å². The molecule has 0 radical (unpaired) electrons. The van der Waals surface area contributed by atoms with Crippen LogP contribution in [0, 0.1) is 0 Å². The molecule has 1 aromatic carbocycles. The molecule has 0 aliphatic carbocycles. The van der Waals surface area contributed by atoms with Crippen molar-refractivity contribution in [3.63, 3.8) is 0 Å². The van der Waals surface area contributed by atoms with Crippen molar-refractivity contribution in [3.05, 3.63) is 35.4 Å². The molecule has 1 rings (SSSR count). The van der Waals surface area contributed by atoms with Crippen LogP contribution in [0.1, 0.15) is 22.3 Å². The van der Waals surface area contributed by atoms with Crippen molar-refractivity contribution in [2.24, 2.45) is 0 Å². The van der Waals surface area contributed by atoms with E-state index < -0.39 is 39.4 Å². The van der Waals surface area contributed by atoms with E-state index in [1.54, 1.807) is 0 Å². The summed E-state index contributed by atoms with van der Waals surface area (Å²) in [7, 11) is -7.32. The van der Waals surface area contributed by atoms with Crippen LogP contribution >= 0.6 is 16.1 Å². The van der Waals surface area contributed by atoms with Gasteiger partial charge in [-0.15, -0.1) is 0 Å². The number of hydrogen-bond acceptors (Lipinski definition) is 10. The van der Waals surface area contributed by atoms with Gasteiger partial charge in [-0.2, -0.15) is 9.35 Å². The number of aliphatic hydroxyl groups is 1. The Morgan fingerprint density at radius 2 is 1.62 bits per heavy atom. The van der Waals surface area contributed by atoms with Crippen LogP contribution in [0.5, 0.6) is 0 Å². The van der Waals surface area contributed by atoms with E-state index in [0.29, 0.717) is 5.56 Å². The Balaban J connectivity index is 0.00000625. The first-order valence-electron chi connectivity index (χ1n) is 6.75. The van der Waals surface area contributed by atoms with E-state index in [2.05, 4.69) is 14.7 Å². The number of carboxylic acids is 1. The largest absolute Gasteiger partial charge is 1.00 e. The standard InChI is InChI=1S/C12H17NO10P2.Na/c14-10(15)7-8-1-3-9(4-2-8)11(16)13-6-5-12(17,24(20)22-18)25(21)23-19;/h1-4,17-19,24-25H,5-7H2,(H,13,16)(H,14,15);/q;+1/p-1. The summed E-state index contributed by atoms with van der Waals surface area (Å²) in [5, 5.41) is 36.8. The molecule has 0 saturated carbocycles. The van der Waals surface area contributed by atoms with Crippen molar-refractivity contribution in [2.75, 3.05) is 6.54 Å². The maximum atomic E-state index is 11.9. The van der Waals surface area contributed by atoms with E-state index in [1.807, 2.05) is 0 Å². The minimum atomic E-state index is -3.66. The summed E-state index contributed by atoms with van der Waals surface area (Å²) in [6, 6.07) is 5.55. The fourth-order valence-electron chi connectivity index (χ4n) is 1.84. The van der Waals surface area contributed by atoms with Crippen LogP contribution in [0.15, 0.2) is 24.3 Å². The molecule has 11 nitrogen and oxygen atoms in total. The predicted octanol–water partition coefficient (Wildman–Crippen LogP) is -3.32. The van der Waals surface area contributed by atoms with Gasteiger partial charge in [0.2, 0.25) is 5.08 Å². The van der Waals surface area contributed by atoms with E-state index in [9.17, 15) is 28.9 Å². The molecule has 0 fully saturated rings. The van der Waals surface area contributed by atoms with Gasteiger partial charge in [0.15, 0.2) is 0 Å². The Bertz CT molecular complexity index is 652. The Morgan fingerprint density at radius 1 is 1.12 bits per heavy atom. The van der Waals surface area contributed by atoms with Gasteiger partial charge in [-0.25, -0.2) is 10.5 Å². The van der Waals surface area contributed by atoms with Crippen LogP contribution in [0.4, 0.5) is 0 Å². The van der Waals surface area contributed by atoms with Gasteiger partial charge in [-0.1, -0.05) is 12.1 Å². The molecule has 0 heterocycles. The van der Waals surface area contributed by atoms with Crippen LogP contribution in [0.3, 0.4) is 0 Å². The van der Waals surface area contributed by atoms with Crippen LogP contribution in [-0.2, 0) is 29.7 Å². The zero-order chi connectivity index (χ0) is 19.0. The summed E-state index contributed by atoms with van der Waals surface area (Å²) in [6.45, 7) is -0.338. The third-order valence-corrected chi connectivity index (χ3v) is 6.59. The normalized spacial score (nSPS) is 15.2. The number of hydrogen-bond donors (Lipinski definition) is 4. The molecule has 4 N–H and O–H groups in total. The molecule has 140 valence electrons. The van der Waals surface area contributed by atoms with E-state index >= 15 is 0 Å². The molecular weight excluding hydrogens is 403 g/mol. The first-order chi connectivity index (χ1) is 11.7. The smallest absolute Gasteiger partial charge is 0.550 e. The monoisotopic (exact) mass is 419 g/mol. The molecule has 0 aromatic heterocycles. The van der Waals surface area contributed by atoms with Gasteiger partial charge in [0.05, 0.1) is 0 Å². The number of aliphatic carboxylic acids is 1. The third kappa shape index (κ3) is 7.21. The fourth-order valence-corrected chi connectivity index (χ4v) is 3.74. The molecule has 0 aliphatic heterocycles. The van der Waals surface area contributed by atoms with Gasteiger partial charge in [0.25, 0.3) is 22.0 Å². The second-order valence-electron chi connectivity index (χ2n) is 4.87. The maximum absolute atomic E-state index is 11.9.